The largest absolute Gasteiger partial charge is 0.376 e. The summed E-state index contributed by atoms with van der Waals surface area (Å²) in [5.41, 5.74) is 2.75. The van der Waals surface area contributed by atoms with Gasteiger partial charge in [0.1, 0.15) is 0 Å². The number of ether oxygens (including phenoxy) is 1. The highest BCUT2D eigenvalue weighted by molar-refractivity contribution is 5.23. The number of rotatable bonds is 3. The summed E-state index contributed by atoms with van der Waals surface area (Å²) in [6, 6.07) is 3.58. The number of hydrogen-bond donors (Lipinski definition) is 2. The molecule has 1 aliphatic heterocycles. The summed E-state index contributed by atoms with van der Waals surface area (Å²) in [5.74, 6) is 3.72. The quantitative estimate of drug-likeness (QED) is 0.630. The molecule has 1 aromatic carbocycles. The summed E-state index contributed by atoms with van der Waals surface area (Å²) in [6.45, 7) is 0.639. The predicted molar refractivity (Wildman–Crippen MR) is 60.0 cm³/mol. The summed E-state index contributed by atoms with van der Waals surface area (Å²) in [7, 11) is 0. The maximum atomic E-state index is 13.7. The molecule has 5 heteroatoms. The van der Waals surface area contributed by atoms with Crippen molar-refractivity contribution in [1.29, 1.82) is 0 Å². The van der Waals surface area contributed by atoms with E-state index in [1.807, 2.05) is 0 Å². The Labute approximate surface area is 98.9 Å². The van der Waals surface area contributed by atoms with Gasteiger partial charge in [0, 0.05) is 12.2 Å². The molecule has 0 saturated carbocycles. The van der Waals surface area contributed by atoms with Gasteiger partial charge in [0.15, 0.2) is 11.6 Å². The first-order valence-electron chi connectivity index (χ1n) is 5.75. The van der Waals surface area contributed by atoms with E-state index in [-0.39, 0.29) is 11.7 Å². The van der Waals surface area contributed by atoms with E-state index in [1.54, 1.807) is 0 Å². The molecule has 0 aromatic heterocycles. The summed E-state index contributed by atoms with van der Waals surface area (Å²) >= 11 is 0. The smallest absolute Gasteiger partial charge is 0.163 e. The Morgan fingerprint density at radius 1 is 1.35 bits per heavy atom. The first-order valence-corrected chi connectivity index (χ1v) is 5.75. The van der Waals surface area contributed by atoms with Crippen LogP contribution in [-0.4, -0.2) is 12.7 Å². The second kappa shape index (κ2) is 5.53. The summed E-state index contributed by atoms with van der Waals surface area (Å²) in [5, 5.41) is 0. The first-order chi connectivity index (χ1) is 8.24. The minimum atomic E-state index is -0.862. The van der Waals surface area contributed by atoms with Crippen LogP contribution >= 0.6 is 0 Å². The SMILES string of the molecule is NNC(c1cccc(F)c1F)C1CCCCO1. The van der Waals surface area contributed by atoms with Crippen LogP contribution in [0.5, 0.6) is 0 Å². The van der Waals surface area contributed by atoms with E-state index in [1.165, 1.54) is 12.1 Å². The van der Waals surface area contributed by atoms with E-state index in [4.69, 9.17) is 10.6 Å². The average molecular weight is 242 g/mol. The van der Waals surface area contributed by atoms with Gasteiger partial charge in [-0.2, -0.15) is 0 Å². The van der Waals surface area contributed by atoms with Crippen LogP contribution in [-0.2, 0) is 4.74 Å². The molecule has 0 amide bonds. The highest BCUT2D eigenvalue weighted by atomic mass is 19.2. The van der Waals surface area contributed by atoms with Crippen molar-refractivity contribution in [1.82, 2.24) is 5.43 Å². The Bertz CT molecular complexity index is 381. The zero-order valence-corrected chi connectivity index (χ0v) is 9.46. The van der Waals surface area contributed by atoms with Crippen LogP contribution in [0, 0.1) is 11.6 Å². The number of halogens is 2. The van der Waals surface area contributed by atoms with Crippen molar-refractivity contribution in [2.45, 2.75) is 31.4 Å². The first kappa shape index (κ1) is 12.4. The normalized spacial score (nSPS) is 22.4. The molecular formula is C12H16F2N2O. The molecule has 1 aliphatic rings. The Kier molecular flexibility index (Phi) is 4.04. The van der Waals surface area contributed by atoms with Gasteiger partial charge in [-0.05, 0) is 25.3 Å². The fourth-order valence-corrected chi connectivity index (χ4v) is 2.19. The molecule has 2 unspecified atom stereocenters. The van der Waals surface area contributed by atoms with Crippen molar-refractivity contribution in [2.75, 3.05) is 6.61 Å². The summed E-state index contributed by atoms with van der Waals surface area (Å²) in [4.78, 5) is 0. The molecule has 1 saturated heterocycles. The van der Waals surface area contributed by atoms with Crippen LogP contribution in [0.1, 0.15) is 30.9 Å². The van der Waals surface area contributed by atoms with Crippen LogP contribution < -0.4 is 11.3 Å². The van der Waals surface area contributed by atoms with Gasteiger partial charge in [0.05, 0.1) is 12.1 Å². The van der Waals surface area contributed by atoms with E-state index in [0.717, 1.165) is 25.3 Å². The van der Waals surface area contributed by atoms with Gasteiger partial charge in [-0.25, -0.2) is 8.78 Å². The Morgan fingerprint density at radius 2 is 2.18 bits per heavy atom. The number of nitrogens with two attached hydrogens (primary N) is 1. The molecule has 1 heterocycles. The third-order valence-corrected chi connectivity index (χ3v) is 3.08. The predicted octanol–water partition coefficient (Wildman–Crippen LogP) is 2.04. The van der Waals surface area contributed by atoms with Crippen LogP contribution in [0.3, 0.4) is 0 Å². The van der Waals surface area contributed by atoms with Crippen molar-refractivity contribution in [2.24, 2.45) is 5.84 Å². The minimum absolute atomic E-state index is 0.204. The molecular weight excluding hydrogens is 226 g/mol. The average Bonchev–Trinajstić information content (AvgIpc) is 2.37. The maximum absolute atomic E-state index is 13.7. The van der Waals surface area contributed by atoms with Gasteiger partial charge in [-0.1, -0.05) is 12.1 Å². The molecule has 2 rings (SSSR count). The van der Waals surface area contributed by atoms with Crippen molar-refractivity contribution in [3.63, 3.8) is 0 Å². The van der Waals surface area contributed by atoms with Crippen LogP contribution in [0.2, 0.25) is 0 Å². The monoisotopic (exact) mass is 242 g/mol. The number of hydrazine groups is 1. The Balaban J connectivity index is 2.24. The van der Waals surface area contributed by atoms with E-state index in [9.17, 15) is 8.78 Å². The van der Waals surface area contributed by atoms with E-state index < -0.39 is 17.7 Å². The standard InChI is InChI=1S/C12H16F2N2O/c13-9-5-3-4-8(11(9)14)12(16-15)10-6-1-2-7-17-10/h3-5,10,12,16H,1-2,6-7,15H2. The third kappa shape index (κ3) is 2.62. The fourth-order valence-electron chi connectivity index (χ4n) is 2.19. The molecule has 3 nitrogen and oxygen atoms in total. The molecule has 0 aliphatic carbocycles. The van der Waals surface area contributed by atoms with Crippen molar-refractivity contribution in [3.8, 4) is 0 Å². The lowest BCUT2D eigenvalue weighted by Gasteiger charge is -2.30. The molecule has 0 radical (unpaired) electrons. The number of benzene rings is 1. The highest BCUT2D eigenvalue weighted by Gasteiger charge is 2.28. The van der Waals surface area contributed by atoms with Crippen LogP contribution in [0.25, 0.3) is 0 Å². The Hall–Kier alpha value is -1.04. The van der Waals surface area contributed by atoms with E-state index in [2.05, 4.69) is 5.43 Å². The molecule has 0 spiro atoms. The van der Waals surface area contributed by atoms with Gasteiger partial charge >= 0.3 is 0 Å². The maximum Gasteiger partial charge on any atom is 0.163 e. The van der Waals surface area contributed by atoms with Gasteiger partial charge in [-0.3, -0.25) is 11.3 Å². The topological polar surface area (TPSA) is 47.3 Å². The third-order valence-electron chi connectivity index (χ3n) is 3.08. The lowest BCUT2D eigenvalue weighted by Crippen LogP contribution is -2.40. The molecule has 0 bridgehead atoms. The van der Waals surface area contributed by atoms with Gasteiger partial charge in [-0.15, -0.1) is 0 Å². The van der Waals surface area contributed by atoms with Crippen molar-refractivity contribution < 1.29 is 13.5 Å². The number of hydrogen-bond acceptors (Lipinski definition) is 3. The van der Waals surface area contributed by atoms with Gasteiger partial charge in [0.25, 0.3) is 0 Å². The van der Waals surface area contributed by atoms with Crippen molar-refractivity contribution in [3.05, 3.63) is 35.4 Å². The van der Waals surface area contributed by atoms with E-state index in [0.29, 0.717) is 6.61 Å². The zero-order chi connectivity index (χ0) is 12.3. The zero-order valence-electron chi connectivity index (χ0n) is 9.46. The second-order valence-electron chi connectivity index (χ2n) is 4.19. The van der Waals surface area contributed by atoms with Crippen LogP contribution in [0.15, 0.2) is 18.2 Å². The number of nitrogens with one attached hydrogen (secondary N) is 1. The highest BCUT2D eigenvalue weighted by Crippen LogP contribution is 2.28. The van der Waals surface area contributed by atoms with Crippen molar-refractivity contribution >= 4 is 0 Å². The lowest BCUT2D eigenvalue weighted by molar-refractivity contribution is -0.00903. The molecule has 94 valence electrons. The molecule has 1 fully saturated rings. The summed E-state index contributed by atoms with van der Waals surface area (Å²) in [6.07, 6.45) is 2.61. The van der Waals surface area contributed by atoms with Crippen LogP contribution in [0.4, 0.5) is 8.78 Å². The van der Waals surface area contributed by atoms with Gasteiger partial charge < -0.3 is 4.74 Å². The van der Waals surface area contributed by atoms with Gasteiger partial charge in [0.2, 0.25) is 0 Å². The molecule has 3 N–H and O–H groups in total. The minimum Gasteiger partial charge on any atom is -0.376 e. The summed E-state index contributed by atoms with van der Waals surface area (Å²) < 4.78 is 32.4. The fraction of sp³-hybridized carbons (Fsp3) is 0.500. The molecule has 17 heavy (non-hydrogen) atoms. The lowest BCUT2D eigenvalue weighted by atomic mass is 9.96. The molecule has 1 aromatic rings. The Morgan fingerprint density at radius 3 is 2.82 bits per heavy atom. The van der Waals surface area contributed by atoms with E-state index >= 15 is 0 Å². The second-order valence-corrected chi connectivity index (χ2v) is 4.19. The molecule has 2 atom stereocenters.